The summed E-state index contributed by atoms with van der Waals surface area (Å²) in [7, 11) is 0. The average Bonchev–Trinajstić information content (AvgIpc) is 3.09. The van der Waals surface area contributed by atoms with Crippen molar-refractivity contribution in [3.8, 4) is 0 Å². The summed E-state index contributed by atoms with van der Waals surface area (Å²) in [5, 5.41) is 0. The van der Waals surface area contributed by atoms with Crippen LogP contribution in [0.4, 0.5) is 0 Å². The van der Waals surface area contributed by atoms with Gasteiger partial charge in [0.2, 0.25) is 0 Å². The van der Waals surface area contributed by atoms with Crippen LogP contribution < -0.4 is 0 Å². The zero-order chi connectivity index (χ0) is 11.9. The molecule has 0 radical (unpaired) electrons. The molecule has 0 unspecified atom stereocenters. The molecular weight excluding hydrogens is 282 g/mol. The summed E-state index contributed by atoms with van der Waals surface area (Å²) in [5.41, 5.74) is 0.890. The molecule has 17 heavy (non-hydrogen) atoms. The van der Waals surface area contributed by atoms with E-state index >= 15 is 0 Å². The van der Waals surface area contributed by atoms with E-state index in [1.807, 2.05) is 29.2 Å². The summed E-state index contributed by atoms with van der Waals surface area (Å²) in [4.78, 5) is 14.2. The minimum Gasteiger partial charge on any atom is -0.369 e. The lowest BCUT2D eigenvalue weighted by Gasteiger charge is -2.30. The van der Waals surface area contributed by atoms with Crippen LogP contribution in [0.25, 0.3) is 0 Å². The summed E-state index contributed by atoms with van der Waals surface area (Å²) < 4.78 is 6.39. The van der Waals surface area contributed by atoms with Crippen LogP contribution in [0.2, 0.25) is 0 Å². The van der Waals surface area contributed by atoms with Gasteiger partial charge >= 0.3 is 0 Å². The van der Waals surface area contributed by atoms with E-state index in [2.05, 4.69) is 15.9 Å². The van der Waals surface area contributed by atoms with Crippen LogP contribution in [0, 0.1) is 0 Å². The Morgan fingerprint density at radius 2 is 2.06 bits per heavy atom. The number of benzene rings is 1. The topological polar surface area (TPSA) is 32.8 Å². The van der Waals surface area contributed by atoms with Crippen LogP contribution in [0.15, 0.2) is 28.7 Å². The molecule has 90 valence electrons. The van der Waals surface area contributed by atoms with Crippen molar-refractivity contribution in [1.29, 1.82) is 0 Å². The van der Waals surface area contributed by atoms with Crippen molar-refractivity contribution < 1.29 is 9.53 Å². The predicted octanol–water partition coefficient (Wildman–Crippen LogP) is 2.45. The summed E-state index contributed by atoms with van der Waals surface area (Å²) in [5.74, 6) is 0.127. The highest BCUT2D eigenvalue weighted by atomic mass is 79.9. The summed E-state index contributed by atoms with van der Waals surface area (Å²) >= 11 is 3.39. The molecule has 3 rings (SSSR count). The van der Waals surface area contributed by atoms with Crippen molar-refractivity contribution in [2.45, 2.75) is 18.4 Å². The van der Waals surface area contributed by atoms with E-state index in [1.54, 1.807) is 0 Å². The maximum absolute atomic E-state index is 12.2. The Kier molecular flexibility index (Phi) is 2.71. The number of rotatable bonds is 1. The van der Waals surface area contributed by atoms with Crippen molar-refractivity contribution in [2.75, 3.05) is 19.7 Å². The van der Waals surface area contributed by atoms with Gasteiger partial charge in [-0.3, -0.25) is 4.79 Å². The van der Waals surface area contributed by atoms with Gasteiger partial charge < -0.3 is 9.64 Å². The van der Waals surface area contributed by atoms with Crippen molar-refractivity contribution in [3.63, 3.8) is 0 Å². The van der Waals surface area contributed by atoms with Crippen LogP contribution in [-0.4, -0.2) is 36.1 Å². The maximum Gasteiger partial charge on any atom is 0.253 e. The zero-order valence-electron chi connectivity index (χ0n) is 9.49. The van der Waals surface area contributed by atoms with Gasteiger partial charge in [-0.15, -0.1) is 0 Å². The number of ether oxygens (including phenoxy) is 1. The fourth-order valence-corrected chi connectivity index (χ4v) is 2.71. The monoisotopic (exact) mass is 295 g/mol. The van der Waals surface area contributed by atoms with Crippen LogP contribution in [0.3, 0.4) is 0 Å². The van der Waals surface area contributed by atoms with E-state index in [-0.39, 0.29) is 11.5 Å². The van der Waals surface area contributed by atoms with Gasteiger partial charge in [0.05, 0.1) is 12.2 Å². The van der Waals surface area contributed by atoms with E-state index in [1.165, 1.54) is 0 Å². The molecule has 2 aliphatic heterocycles. The zero-order valence-corrected chi connectivity index (χ0v) is 11.1. The molecule has 1 aromatic carbocycles. The van der Waals surface area contributed by atoms with Crippen LogP contribution in [-0.2, 0) is 4.74 Å². The highest BCUT2D eigenvalue weighted by molar-refractivity contribution is 9.10. The Morgan fingerprint density at radius 3 is 2.65 bits per heavy atom. The molecule has 2 saturated heterocycles. The Bertz CT molecular complexity index is 446. The van der Waals surface area contributed by atoms with Gasteiger partial charge in [0.1, 0.15) is 0 Å². The molecule has 2 heterocycles. The first kappa shape index (κ1) is 11.2. The number of likely N-dealkylation sites (tertiary alicyclic amines) is 1. The van der Waals surface area contributed by atoms with E-state index in [9.17, 15) is 4.79 Å². The number of carbonyl (C=O) groups excluding carboxylic acids is 1. The largest absolute Gasteiger partial charge is 0.369 e. The molecule has 4 heteroatoms. The molecule has 0 aliphatic carbocycles. The van der Waals surface area contributed by atoms with Gasteiger partial charge in [-0.2, -0.15) is 0 Å². The number of halogens is 1. The summed E-state index contributed by atoms with van der Waals surface area (Å²) in [6.07, 6.45) is 1.96. The second-order valence-electron chi connectivity index (χ2n) is 4.77. The lowest BCUT2D eigenvalue weighted by atomic mass is 9.97. The number of piperidine rings is 1. The number of epoxide rings is 1. The van der Waals surface area contributed by atoms with Gasteiger partial charge in [-0.05, 0) is 31.0 Å². The van der Waals surface area contributed by atoms with Gasteiger partial charge in [0.15, 0.2) is 0 Å². The number of amides is 1. The van der Waals surface area contributed by atoms with E-state index in [4.69, 9.17) is 4.74 Å². The fraction of sp³-hybridized carbons (Fsp3) is 0.462. The molecule has 1 amide bonds. The van der Waals surface area contributed by atoms with E-state index in [0.29, 0.717) is 0 Å². The normalized spacial score (nSPS) is 21.6. The fourth-order valence-electron chi connectivity index (χ4n) is 2.31. The Labute approximate surface area is 109 Å². The van der Waals surface area contributed by atoms with Crippen LogP contribution >= 0.6 is 15.9 Å². The second kappa shape index (κ2) is 4.10. The molecule has 0 aromatic heterocycles. The number of nitrogens with zero attached hydrogens (tertiary/aromatic N) is 1. The third-order valence-electron chi connectivity index (χ3n) is 3.59. The minimum atomic E-state index is 0.127. The van der Waals surface area contributed by atoms with Gasteiger partial charge in [-0.25, -0.2) is 0 Å². The minimum absolute atomic E-state index is 0.127. The Morgan fingerprint density at radius 1 is 1.35 bits per heavy atom. The molecule has 1 spiro atoms. The first-order chi connectivity index (χ1) is 8.19. The average molecular weight is 296 g/mol. The quantitative estimate of drug-likeness (QED) is 0.746. The maximum atomic E-state index is 12.2. The SMILES string of the molecule is O=C(c1cccc(Br)c1)N1CCC2(CC1)CO2. The van der Waals surface area contributed by atoms with Crippen molar-refractivity contribution in [3.05, 3.63) is 34.3 Å². The number of hydrogen-bond acceptors (Lipinski definition) is 2. The van der Waals surface area contributed by atoms with Crippen LogP contribution in [0.1, 0.15) is 23.2 Å². The number of carbonyl (C=O) groups is 1. The molecule has 1 aromatic rings. The van der Waals surface area contributed by atoms with E-state index < -0.39 is 0 Å². The molecule has 0 atom stereocenters. The highest BCUT2D eigenvalue weighted by Crippen LogP contribution is 2.37. The van der Waals surface area contributed by atoms with Gasteiger partial charge in [-0.1, -0.05) is 22.0 Å². The van der Waals surface area contributed by atoms with Crippen molar-refractivity contribution >= 4 is 21.8 Å². The lowest BCUT2D eigenvalue weighted by molar-refractivity contribution is 0.0663. The third-order valence-corrected chi connectivity index (χ3v) is 4.08. The summed E-state index contributed by atoms with van der Waals surface area (Å²) in [6.45, 7) is 2.50. The first-order valence-electron chi connectivity index (χ1n) is 5.87. The van der Waals surface area contributed by atoms with Crippen LogP contribution in [0.5, 0.6) is 0 Å². The molecule has 2 aliphatic rings. The van der Waals surface area contributed by atoms with Crippen molar-refractivity contribution in [2.24, 2.45) is 0 Å². The molecule has 0 N–H and O–H groups in total. The van der Waals surface area contributed by atoms with Gasteiger partial charge in [0.25, 0.3) is 5.91 Å². The standard InChI is InChI=1S/C13H14BrNO2/c14-11-3-1-2-10(8-11)12(16)15-6-4-13(5-7-15)9-17-13/h1-3,8H,4-7,9H2. The molecule has 0 saturated carbocycles. The highest BCUT2D eigenvalue weighted by Gasteiger charge is 2.47. The first-order valence-corrected chi connectivity index (χ1v) is 6.67. The molecule has 2 fully saturated rings. The molecular formula is C13H14BrNO2. The molecule has 3 nitrogen and oxygen atoms in total. The van der Waals surface area contributed by atoms with E-state index in [0.717, 1.165) is 42.6 Å². The number of hydrogen-bond donors (Lipinski definition) is 0. The van der Waals surface area contributed by atoms with Gasteiger partial charge in [0, 0.05) is 23.1 Å². The second-order valence-corrected chi connectivity index (χ2v) is 5.69. The third kappa shape index (κ3) is 2.24. The molecule has 0 bridgehead atoms. The Hall–Kier alpha value is -0.870. The van der Waals surface area contributed by atoms with Crippen molar-refractivity contribution in [1.82, 2.24) is 4.90 Å². The Balaban J connectivity index is 1.70. The smallest absolute Gasteiger partial charge is 0.253 e. The summed E-state index contributed by atoms with van der Waals surface area (Å²) in [6, 6.07) is 7.57. The lowest BCUT2D eigenvalue weighted by Crippen LogP contribution is -2.41. The predicted molar refractivity (Wildman–Crippen MR) is 68.0 cm³/mol.